The summed E-state index contributed by atoms with van der Waals surface area (Å²) in [5, 5.41) is 0. The Labute approximate surface area is 115 Å². The monoisotopic (exact) mass is 318 g/mol. The van der Waals surface area contributed by atoms with Gasteiger partial charge in [0.05, 0.1) is 12.2 Å². The standard InChI is InChI=1S/C12H12F6O3/c1-2-9(19)21-10(11(13,14)15,12(16,17)18)7-5-6-3-4-8(7)20-6/h3-4,6-8H,2,5H2,1H3. The lowest BCUT2D eigenvalue weighted by Gasteiger charge is -2.41. The smallest absolute Gasteiger partial charge is 0.437 e. The van der Waals surface area contributed by atoms with E-state index >= 15 is 0 Å². The number of halogens is 6. The maximum atomic E-state index is 13.3. The minimum atomic E-state index is -5.79. The van der Waals surface area contributed by atoms with E-state index in [0.29, 0.717) is 0 Å². The molecule has 0 aromatic heterocycles. The fraction of sp³-hybridized carbons (Fsp3) is 0.750. The Balaban J connectivity index is 2.50. The molecule has 3 atom stereocenters. The van der Waals surface area contributed by atoms with Crippen molar-refractivity contribution in [3.8, 4) is 0 Å². The van der Waals surface area contributed by atoms with Crippen LogP contribution in [0.1, 0.15) is 19.8 Å². The molecule has 120 valence electrons. The molecule has 9 heteroatoms. The number of carbonyl (C=O) groups is 1. The van der Waals surface area contributed by atoms with Gasteiger partial charge in [0.25, 0.3) is 0 Å². The van der Waals surface area contributed by atoms with Crippen molar-refractivity contribution < 1.29 is 40.6 Å². The van der Waals surface area contributed by atoms with E-state index in [4.69, 9.17) is 4.74 Å². The predicted octanol–water partition coefficient (Wildman–Crippen LogP) is 3.15. The molecule has 21 heavy (non-hydrogen) atoms. The Morgan fingerprint density at radius 1 is 1.19 bits per heavy atom. The highest BCUT2D eigenvalue weighted by Crippen LogP contribution is 2.56. The van der Waals surface area contributed by atoms with Crippen LogP contribution in [-0.2, 0) is 14.3 Å². The largest absolute Gasteiger partial charge is 0.439 e. The number of rotatable bonds is 3. The number of carbonyl (C=O) groups excluding carboxylic acids is 1. The Bertz CT molecular complexity index is 439. The van der Waals surface area contributed by atoms with Gasteiger partial charge in [-0.15, -0.1) is 0 Å². The van der Waals surface area contributed by atoms with Gasteiger partial charge in [0.1, 0.15) is 0 Å². The molecule has 0 saturated carbocycles. The zero-order valence-corrected chi connectivity index (χ0v) is 10.8. The molecule has 0 spiro atoms. The second-order valence-corrected chi connectivity index (χ2v) is 4.93. The summed E-state index contributed by atoms with van der Waals surface area (Å²) >= 11 is 0. The minimum Gasteiger partial charge on any atom is -0.439 e. The van der Waals surface area contributed by atoms with Gasteiger partial charge in [-0.25, -0.2) is 0 Å². The molecule has 0 aromatic rings. The average Bonchev–Trinajstić information content (AvgIpc) is 2.94. The second kappa shape index (κ2) is 4.89. The molecule has 3 nitrogen and oxygen atoms in total. The molecule has 2 aliphatic heterocycles. The quantitative estimate of drug-likeness (QED) is 0.456. The lowest BCUT2D eigenvalue weighted by Crippen LogP contribution is -2.65. The molecule has 1 fully saturated rings. The zero-order valence-electron chi connectivity index (χ0n) is 10.8. The molecule has 0 N–H and O–H groups in total. The van der Waals surface area contributed by atoms with Gasteiger partial charge < -0.3 is 9.47 Å². The Morgan fingerprint density at radius 3 is 2.10 bits per heavy atom. The number of hydrogen-bond donors (Lipinski definition) is 0. The normalized spacial score (nSPS) is 29.0. The van der Waals surface area contributed by atoms with Crippen LogP contribution in [0, 0.1) is 5.92 Å². The van der Waals surface area contributed by atoms with Crippen LogP contribution in [0.5, 0.6) is 0 Å². The van der Waals surface area contributed by atoms with Crippen molar-refractivity contribution in [2.75, 3.05) is 0 Å². The SMILES string of the molecule is CCC(=O)OC(C1CC2C=CC1O2)(C(F)(F)F)C(F)(F)F. The molecular formula is C12H12F6O3. The Morgan fingerprint density at radius 2 is 1.76 bits per heavy atom. The molecule has 3 unspecified atom stereocenters. The summed E-state index contributed by atoms with van der Waals surface area (Å²) in [7, 11) is 0. The van der Waals surface area contributed by atoms with Crippen LogP contribution in [0.3, 0.4) is 0 Å². The highest BCUT2D eigenvalue weighted by Gasteiger charge is 2.79. The van der Waals surface area contributed by atoms with Gasteiger partial charge in [0.15, 0.2) is 0 Å². The predicted molar refractivity (Wildman–Crippen MR) is 57.1 cm³/mol. The molecule has 0 radical (unpaired) electrons. The molecule has 0 aliphatic carbocycles. The number of esters is 1. The summed E-state index contributed by atoms with van der Waals surface area (Å²) in [4.78, 5) is 11.2. The summed E-state index contributed by atoms with van der Waals surface area (Å²) in [6, 6.07) is 0. The maximum absolute atomic E-state index is 13.3. The van der Waals surface area contributed by atoms with Crippen LogP contribution in [0.25, 0.3) is 0 Å². The Hall–Kier alpha value is -1.25. The Kier molecular flexibility index (Phi) is 3.76. The van der Waals surface area contributed by atoms with Crippen LogP contribution in [-0.4, -0.2) is 36.1 Å². The van der Waals surface area contributed by atoms with E-state index < -0.39 is 54.9 Å². The molecule has 2 bridgehead atoms. The van der Waals surface area contributed by atoms with Gasteiger partial charge in [-0.1, -0.05) is 19.1 Å². The highest BCUT2D eigenvalue weighted by molar-refractivity contribution is 5.69. The molecule has 1 saturated heterocycles. The first-order chi connectivity index (χ1) is 9.53. The van der Waals surface area contributed by atoms with Gasteiger partial charge >= 0.3 is 23.9 Å². The number of ether oxygens (including phenoxy) is 2. The van der Waals surface area contributed by atoms with Crippen molar-refractivity contribution in [3.05, 3.63) is 12.2 Å². The second-order valence-electron chi connectivity index (χ2n) is 4.93. The summed E-state index contributed by atoms with van der Waals surface area (Å²) in [6.07, 6.45) is -12.3. The lowest BCUT2D eigenvalue weighted by atomic mass is 9.77. The van der Waals surface area contributed by atoms with E-state index in [1.807, 2.05) is 0 Å². The maximum Gasteiger partial charge on any atom is 0.437 e. The molecule has 0 amide bonds. The lowest BCUT2D eigenvalue weighted by molar-refractivity contribution is -0.387. The highest BCUT2D eigenvalue weighted by atomic mass is 19.4. The van der Waals surface area contributed by atoms with E-state index in [9.17, 15) is 31.1 Å². The minimum absolute atomic E-state index is 0.503. The van der Waals surface area contributed by atoms with E-state index in [2.05, 4.69) is 4.74 Å². The molecule has 2 heterocycles. The summed E-state index contributed by atoms with van der Waals surface area (Å²) in [6.45, 7) is 1.12. The van der Waals surface area contributed by atoms with E-state index in [-0.39, 0.29) is 0 Å². The zero-order chi connectivity index (χ0) is 16.1. The van der Waals surface area contributed by atoms with Crippen LogP contribution in [0.4, 0.5) is 26.3 Å². The van der Waals surface area contributed by atoms with Gasteiger partial charge in [-0.3, -0.25) is 4.79 Å². The average molecular weight is 318 g/mol. The van der Waals surface area contributed by atoms with Gasteiger partial charge in [0, 0.05) is 12.3 Å². The molecule has 2 rings (SSSR count). The van der Waals surface area contributed by atoms with Crippen molar-refractivity contribution in [2.24, 2.45) is 5.92 Å². The third-order valence-electron chi connectivity index (χ3n) is 3.66. The van der Waals surface area contributed by atoms with Crippen LogP contribution in [0.2, 0.25) is 0 Å². The fourth-order valence-electron chi connectivity index (χ4n) is 2.70. The van der Waals surface area contributed by atoms with Crippen LogP contribution < -0.4 is 0 Å². The third kappa shape index (κ3) is 2.41. The van der Waals surface area contributed by atoms with Crippen molar-refractivity contribution in [2.45, 2.75) is 49.9 Å². The number of alkyl halides is 6. The molecule has 2 aliphatic rings. The summed E-state index contributed by atoms with van der Waals surface area (Å²) < 4.78 is 88.5. The first-order valence-electron chi connectivity index (χ1n) is 6.22. The first-order valence-corrected chi connectivity index (χ1v) is 6.22. The third-order valence-corrected chi connectivity index (χ3v) is 3.66. The van der Waals surface area contributed by atoms with E-state index in [1.54, 1.807) is 0 Å². The topological polar surface area (TPSA) is 35.5 Å². The van der Waals surface area contributed by atoms with Crippen LogP contribution >= 0.6 is 0 Å². The number of fused-ring (bicyclic) bond motifs is 2. The fourth-order valence-corrected chi connectivity index (χ4v) is 2.70. The van der Waals surface area contributed by atoms with E-state index in [0.717, 1.165) is 13.0 Å². The van der Waals surface area contributed by atoms with Crippen molar-refractivity contribution in [1.82, 2.24) is 0 Å². The van der Waals surface area contributed by atoms with Gasteiger partial charge in [-0.2, -0.15) is 26.3 Å². The summed E-state index contributed by atoms with van der Waals surface area (Å²) in [5.41, 5.74) is -4.54. The molecule has 0 aromatic carbocycles. The first kappa shape index (κ1) is 16.1. The summed E-state index contributed by atoms with van der Waals surface area (Å²) in [5.74, 6) is -3.60. The van der Waals surface area contributed by atoms with Crippen molar-refractivity contribution >= 4 is 5.97 Å². The van der Waals surface area contributed by atoms with Crippen LogP contribution in [0.15, 0.2) is 12.2 Å². The van der Waals surface area contributed by atoms with Crippen molar-refractivity contribution in [3.63, 3.8) is 0 Å². The van der Waals surface area contributed by atoms with Crippen molar-refractivity contribution in [1.29, 1.82) is 0 Å². The molecular weight excluding hydrogens is 306 g/mol. The van der Waals surface area contributed by atoms with E-state index in [1.165, 1.54) is 6.08 Å². The van der Waals surface area contributed by atoms with Gasteiger partial charge in [-0.05, 0) is 6.42 Å². The number of hydrogen-bond acceptors (Lipinski definition) is 3. The van der Waals surface area contributed by atoms with Gasteiger partial charge in [0.2, 0.25) is 0 Å².